The predicted octanol–water partition coefficient (Wildman–Crippen LogP) is -0.536. The number of carboxylic acid groups (broad SMARTS) is 1. The third-order valence-corrected chi connectivity index (χ3v) is 9.64. The minimum Gasteiger partial charge on any atom is -0.481 e. The Hall–Kier alpha value is -4.99. The molecule has 4 rings (SSSR count). The zero-order valence-electron chi connectivity index (χ0n) is 30.6. The first-order chi connectivity index (χ1) is 25.7. The van der Waals surface area contributed by atoms with Gasteiger partial charge in [0.15, 0.2) is 6.23 Å². The number of nitrogens with two attached hydrogens (primary N) is 1. The van der Waals surface area contributed by atoms with Crippen LogP contribution in [0.4, 0.5) is 5.69 Å². The summed E-state index contributed by atoms with van der Waals surface area (Å²) >= 11 is 0. The second-order valence-corrected chi connectivity index (χ2v) is 15.4. The number of rotatable bonds is 17. The van der Waals surface area contributed by atoms with Gasteiger partial charge in [-0.1, -0.05) is 13.8 Å². The normalized spacial score (nSPS) is 23.1. The number of aliphatic hydroxyl groups is 2. The molecule has 0 saturated carbocycles. The number of carbonyl (C=O) groups is 6. The fraction of sp³-hybridized carbons (Fsp3) is 0.562. The molecule has 0 radical (unpaired) electrons. The Morgan fingerprint density at radius 2 is 1.78 bits per heavy atom. The number of nitrogens with one attached hydrogen (secondary N) is 4. The van der Waals surface area contributed by atoms with Crippen molar-refractivity contribution in [2.45, 2.75) is 103 Å². The van der Waals surface area contributed by atoms with Crippen LogP contribution in [-0.4, -0.2) is 108 Å². The van der Waals surface area contributed by atoms with E-state index in [-0.39, 0.29) is 42.6 Å². The predicted molar refractivity (Wildman–Crippen MR) is 187 cm³/mol. The lowest BCUT2D eigenvalue weighted by molar-refractivity contribution is -0.139. The third kappa shape index (κ3) is 11.3. The summed E-state index contributed by atoms with van der Waals surface area (Å²) in [5, 5.41) is 43.8. The van der Waals surface area contributed by atoms with Gasteiger partial charge in [0, 0.05) is 17.7 Å². The number of aromatic nitrogens is 3. The minimum atomic E-state index is -4.26. The topological polar surface area (TPSA) is 322 Å². The summed E-state index contributed by atoms with van der Waals surface area (Å²) < 4.78 is 36.1. The lowest BCUT2D eigenvalue weighted by Crippen LogP contribution is -2.59. The fourth-order valence-electron chi connectivity index (χ4n) is 5.34. The second kappa shape index (κ2) is 17.6. The largest absolute Gasteiger partial charge is 0.530 e. The fourth-order valence-corrected chi connectivity index (χ4v) is 6.56. The van der Waals surface area contributed by atoms with Crippen molar-refractivity contribution >= 4 is 49.0 Å². The third-order valence-electron chi connectivity index (χ3n) is 8.31. The number of anilines is 1. The maximum absolute atomic E-state index is 13.4. The van der Waals surface area contributed by atoms with Gasteiger partial charge in [-0.25, -0.2) is 14.2 Å². The van der Waals surface area contributed by atoms with E-state index in [4.69, 9.17) is 29.1 Å². The van der Waals surface area contributed by atoms with Gasteiger partial charge in [0.1, 0.15) is 48.0 Å². The van der Waals surface area contributed by atoms with E-state index in [1.807, 2.05) is 13.8 Å². The van der Waals surface area contributed by atoms with Crippen molar-refractivity contribution in [1.29, 1.82) is 0 Å². The monoisotopic (exact) mass is 796 g/mol. The maximum atomic E-state index is 13.4. The summed E-state index contributed by atoms with van der Waals surface area (Å²) in [6.45, 7) is 7.07. The van der Waals surface area contributed by atoms with Crippen LogP contribution >= 0.6 is 7.82 Å². The van der Waals surface area contributed by atoms with Gasteiger partial charge in [0.05, 0.1) is 19.6 Å². The first-order valence-electron chi connectivity index (χ1n) is 17.1. The number of benzene rings is 1. The van der Waals surface area contributed by atoms with Crippen molar-refractivity contribution in [3.8, 4) is 5.75 Å². The minimum absolute atomic E-state index is 0.0393. The molecule has 7 atom stereocenters. The SMILES string of the molecule is CC(C)CC(NC(=O)C(C)NC(=O)C(C)(C)NC(=O)CCC(=O)O)C(=O)Nc1ccc2c(c1)COP(=O)(OCC1OC(n3cnc(C(N)=O)n3)C(O)C1O)O2. The quantitative estimate of drug-likeness (QED) is 0.0933. The number of phosphoric ester groups is 1. The number of aliphatic hydroxyl groups excluding tert-OH is 2. The zero-order chi connectivity index (χ0) is 40.8. The first-order valence-corrected chi connectivity index (χ1v) is 18.5. The Kier molecular flexibility index (Phi) is 13.7. The van der Waals surface area contributed by atoms with Crippen LogP contribution in [0.3, 0.4) is 0 Å². The van der Waals surface area contributed by atoms with Crippen LogP contribution in [0.1, 0.15) is 76.3 Å². The van der Waals surface area contributed by atoms with Crippen molar-refractivity contribution < 1.29 is 67.0 Å². The molecule has 1 aromatic heterocycles. The van der Waals surface area contributed by atoms with Crippen LogP contribution < -0.4 is 31.5 Å². The van der Waals surface area contributed by atoms with E-state index in [0.29, 0.717) is 5.56 Å². The smallest absolute Gasteiger partial charge is 0.481 e. The molecule has 2 aromatic rings. The molecule has 302 valence electrons. The molecule has 22 nitrogen and oxygen atoms in total. The molecule has 1 fully saturated rings. The highest BCUT2D eigenvalue weighted by Crippen LogP contribution is 2.55. The zero-order valence-corrected chi connectivity index (χ0v) is 31.5. The van der Waals surface area contributed by atoms with Crippen LogP contribution in [0.5, 0.6) is 5.75 Å². The summed E-state index contributed by atoms with van der Waals surface area (Å²) in [6.07, 6.45) is -4.95. The molecule has 2 aliphatic heterocycles. The molecule has 7 unspecified atom stereocenters. The van der Waals surface area contributed by atoms with Gasteiger partial charge in [-0.05, 0) is 51.3 Å². The van der Waals surface area contributed by atoms with Gasteiger partial charge in [-0.2, -0.15) is 0 Å². The molecule has 0 aliphatic carbocycles. The molecule has 0 bridgehead atoms. The summed E-state index contributed by atoms with van der Waals surface area (Å²) in [6, 6.07) is 2.22. The number of fused-ring (bicyclic) bond motifs is 1. The molecular weight excluding hydrogens is 751 g/mol. The van der Waals surface area contributed by atoms with Crippen molar-refractivity contribution in [3.63, 3.8) is 0 Å². The number of hydrogen-bond donors (Lipinski definition) is 8. The van der Waals surface area contributed by atoms with Crippen LogP contribution in [0.25, 0.3) is 0 Å². The van der Waals surface area contributed by atoms with E-state index in [0.717, 1.165) is 11.0 Å². The summed E-state index contributed by atoms with van der Waals surface area (Å²) in [7, 11) is -4.26. The second-order valence-electron chi connectivity index (χ2n) is 13.8. The number of ether oxygens (including phenoxy) is 1. The average molecular weight is 797 g/mol. The molecule has 23 heteroatoms. The van der Waals surface area contributed by atoms with Crippen molar-refractivity contribution in [1.82, 2.24) is 30.7 Å². The van der Waals surface area contributed by atoms with Crippen LogP contribution in [-0.2, 0) is 48.9 Å². The Bertz CT molecular complexity index is 1840. The molecule has 5 amide bonds. The highest BCUT2D eigenvalue weighted by atomic mass is 31.2. The molecule has 2 aliphatic rings. The van der Waals surface area contributed by atoms with E-state index in [9.17, 15) is 43.5 Å². The number of carboxylic acids is 1. The first kappa shape index (κ1) is 42.7. The Morgan fingerprint density at radius 1 is 1.07 bits per heavy atom. The van der Waals surface area contributed by atoms with E-state index in [2.05, 4.69) is 31.3 Å². The van der Waals surface area contributed by atoms with Gasteiger partial charge in [-0.3, -0.25) is 37.8 Å². The Balaban J connectivity index is 1.32. The Labute approximate surface area is 314 Å². The van der Waals surface area contributed by atoms with E-state index in [1.165, 1.54) is 39.0 Å². The number of amides is 5. The van der Waals surface area contributed by atoms with Gasteiger partial charge < -0.3 is 51.6 Å². The van der Waals surface area contributed by atoms with E-state index < -0.39 is 98.5 Å². The number of phosphoric acid groups is 1. The maximum Gasteiger partial charge on any atom is 0.530 e. The number of nitrogens with zero attached hydrogens (tertiary/aromatic N) is 3. The number of primary amides is 1. The van der Waals surface area contributed by atoms with E-state index >= 15 is 0 Å². The molecule has 1 saturated heterocycles. The average Bonchev–Trinajstić information content (AvgIpc) is 3.70. The van der Waals surface area contributed by atoms with Crippen LogP contribution in [0.15, 0.2) is 24.5 Å². The highest BCUT2D eigenvalue weighted by molar-refractivity contribution is 7.49. The van der Waals surface area contributed by atoms with Crippen molar-refractivity contribution in [3.05, 3.63) is 35.9 Å². The molecule has 9 N–H and O–H groups in total. The molecular formula is C32H45N8O14P. The van der Waals surface area contributed by atoms with Gasteiger partial charge in [0.25, 0.3) is 5.91 Å². The Morgan fingerprint density at radius 3 is 2.42 bits per heavy atom. The summed E-state index contributed by atoms with van der Waals surface area (Å²) in [5.74, 6) is -4.97. The standard InChI is InChI=1S/C32H45N8O14P/c1-15(2)10-19(37-28(47)16(3)35-31(49)32(4,5)38-22(41)8-9-23(42)43)29(48)36-18-6-7-20-17(11-18)12-51-55(50,54-20)52-13-21-24(44)25(45)30(53-21)40-14-34-27(39-40)26(33)46/h6-7,11,14-16,19,21,24-25,30,44-45H,8-10,12-13H2,1-5H3,(H2,33,46)(H,35,49)(H,36,48)(H,37,47)(H,38,41)(H,42,43). The molecule has 3 heterocycles. The van der Waals surface area contributed by atoms with Crippen molar-refractivity contribution in [2.24, 2.45) is 11.7 Å². The molecule has 1 aromatic carbocycles. The van der Waals surface area contributed by atoms with Crippen LogP contribution in [0.2, 0.25) is 0 Å². The number of aliphatic carboxylic acids is 1. The number of carbonyl (C=O) groups excluding carboxylic acids is 5. The molecule has 55 heavy (non-hydrogen) atoms. The summed E-state index contributed by atoms with van der Waals surface area (Å²) in [4.78, 5) is 77.2. The van der Waals surface area contributed by atoms with Crippen LogP contribution in [0, 0.1) is 5.92 Å². The lowest BCUT2D eigenvalue weighted by atomic mass is 10.0. The molecule has 0 spiro atoms. The van der Waals surface area contributed by atoms with Crippen molar-refractivity contribution in [2.75, 3.05) is 11.9 Å². The van der Waals surface area contributed by atoms with Gasteiger partial charge >= 0.3 is 13.8 Å². The lowest BCUT2D eigenvalue weighted by Gasteiger charge is -2.28. The highest BCUT2D eigenvalue weighted by Gasteiger charge is 2.46. The van der Waals surface area contributed by atoms with Gasteiger partial charge in [-0.15, -0.1) is 5.10 Å². The number of hydrogen-bond acceptors (Lipinski definition) is 15. The summed E-state index contributed by atoms with van der Waals surface area (Å²) in [5.41, 5.74) is 4.34. The van der Waals surface area contributed by atoms with Gasteiger partial charge in [0.2, 0.25) is 29.5 Å². The van der Waals surface area contributed by atoms with E-state index in [1.54, 1.807) is 0 Å².